The van der Waals surface area contributed by atoms with Gasteiger partial charge in [0.1, 0.15) is 5.75 Å². The van der Waals surface area contributed by atoms with Crippen molar-refractivity contribution < 1.29 is 14.6 Å². The first kappa shape index (κ1) is 15.1. The van der Waals surface area contributed by atoms with Crippen LogP contribution in [0.3, 0.4) is 0 Å². The van der Waals surface area contributed by atoms with Crippen LogP contribution in [-0.4, -0.2) is 17.2 Å². The fraction of sp³-hybridized carbons (Fsp3) is 0.438. The first-order valence-electron chi connectivity index (χ1n) is 6.89. The fourth-order valence-corrected chi connectivity index (χ4v) is 2.86. The van der Waals surface area contributed by atoms with E-state index in [9.17, 15) is 4.79 Å². The van der Waals surface area contributed by atoms with Crippen molar-refractivity contribution in [2.24, 2.45) is 5.92 Å². The van der Waals surface area contributed by atoms with Crippen molar-refractivity contribution in [3.63, 3.8) is 0 Å². The van der Waals surface area contributed by atoms with Gasteiger partial charge in [-0.25, -0.2) is 4.79 Å². The number of benzene rings is 1. The summed E-state index contributed by atoms with van der Waals surface area (Å²) in [4.78, 5) is 10.5. The lowest BCUT2D eigenvalue weighted by Gasteiger charge is -2.28. The molecule has 4 heteroatoms. The normalized spacial score (nSPS) is 22.9. The second-order valence-electron chi connectivity index (χ2n) is 5.21. The van der Waals surface area contributed by atoms with Gasteiger partial charge in [-0.1, -0.05) is 28.1 Å². The molecule has 0 spiro atoms. The molecule has 108 valence electrons. The van der Waals surface area contributed by atoms with Crippen LogP contribution in [0.4, 0.5) is 0 Å². The first-order chi connectivity index (χ1) is 9.56. The van der Waals surface area contributed by atoms with Crippen molar-refractivity contribution in [3.05, 3.63) is 40.4 Å². The van der Waals surface area contributed by atoms with Crippen molar-refractivity contribution in [2.45, 2.75) is 38.7 Å². The van der Waals surface area contributed by atoms with E-state index in [4.69, 9.17) is 9.84 Å². The Bertz CT molecular complexity index is 502. The van der Waals surface area contributed by atoms with Gasteiger partial charge in [0.2, 0.25) is 0 Å². The Balaban J connectivity index is 1.88. The van der Waals surface area contributed by atoms with E-state index in [2.05, 4.69) is 15.9 Å². The van der Waals surface area contributed by atoms with Crippen LogP contribution in [0.1, 0.15) is 31.2 Å². The number of rotatable bonds is 4. The van der Waals surface area contributed by atoms with Gasteiger partial charge in [-0.05, 0) is 50.7 Å². The topological polar surface area (TPSA) is 46.5 Å². The lowest BCUT2D eigenvalue weighted by molar-refractivity contribution is -0.131. The number of ether oxygens (including phenoxy) is 1. The lowest BCUT2D eigenvalue weighted by Crippen LogP contribution is -2.23. The highest BCUT2D eigenvalue weighted by Crippen LogP contribution is 2.31. The quantitative estimate of drug-likeness (QED) is 0.831. The van der Waals surface area contributed by atoms with E-state index in [-0.39, 0.29) is 6.10 Å². The Morgan fingerprint density at radius 2 is 2.05 bits per heavy atom. The predicted octanol–water partition coefficient (Wildman–Crippen LogP) is 4.34. The number of carboxylic acids is 1. The molecular formula is C16H19BrO3. The van der Waals surface area contributed by atoms with Gasteiger partial charge in [0.05, 0.1) is 6.10 Å². The third-order valence-electron chi connectivity index (χ3n) is 3.74. The number of aliphatic carboxylic acids is 1. The van der Waals surface area contributed by atoms with Gasteiger partial charge in [0.15, 0.2) is 0 Å². The summed E-state index contributed by atoms with van der Waals surface area (Å²) in [5.41, 5.74) is 1.13. The molecule has 1 aliphatic carbocycles. The number of allylic oxidation sites excluding steroid dienone is 1. The Kier molecular flexibility index (Phi) is 5.24. The Morgan fingerprint density at radius 1 is 1.35 bits per heavy atom. The van der Waals surface area contributed by atoms with Crippen LogP contribution in [-0.2, 0) is 4.79 Å². The minimum Gasteiger partial charge on any atom is -0.490 e. The molecule has 20 heavy (non-hydrogen) atoms. The van der Waals surface area contributed by atoms with Crippen LogP contribution in [0.25, 0.3) is 0 Å². The Hall–Kier alpha value is -1.29. The molecule has 1 aromatic rings. The number of hydrogen-bond acceptors (Lipinski definition) is 2. The highest BCUT2D eigenvalue weighted by Gasteiger charge is 2.21. The molecule has 1 aliphatic rings. The van der Waals surface area contributed by atoms with E-state index in [0.717, 1.165) is 41.5 Å². The summed E-state index contributed by atoms with van der Waals surface area (Å²) >= 11 is 3.51. The highest BCUT2D eigenvalue weighted by molar-refractivity contribution is 9.10. The summed E-state index contributed by atoms with van der Waals surface area (Å²) in [7, 11) is 0. The Morgan fingerprint density at radius 3 is 2.70 bits per heavy atom. The summed E-state index contributed by atoms with van der Waals surface area (Å²) in [6.45, 7) is 2.04. The van der Waals surface area contributed by atoms with Crippen molar-refractivity contribution in [2.75, 3.05) is 0 Å². The molecule has 0 aromatic heterocycles. The monoisotopic (exact) mass is 338 g/mol. The van der Waals surface area contributed by atoms with Crippen LogP contribution in [0.5, 0.6) is 5.75 Å². The van der Waals surface area contributed by atoms with Crippen LogP contribution in [0, 0.1) is 12.8 Å². The zero-order valence-corrected chi connectivity index (χ0v) is 13.1. The van der Waals surface area contributed by atoms with E-state index in [1.807, 2.05) is 31.2 Å². The molecule has 0 aliphatic heterocycles. The van der Waals surface area contributed by atoms with E-state index in [1.54, 1.807) is 0 Å². The smallest absolute Gasteiger partial charge is 0.327 e. The predicted molar refractivity (Wildman–Crippen MR) is 82.0 cm³/mol. The van der Waals surface area contributed by atoms with Crippen molar-refractivity contribution >= 4 is 21.9 Å². The molecule has 1 aromatic carbocycles. The molecule has 0 bridgehead atoms. The minimum absolute atomic E-state index is 0.234. The molecule has 0 atom stereocenters. The molecule has 2 rings (SSSR count). The molecular weight excluding hydrogens is 320 g/mol. The van der Waals surface area contributed by atoms with Gasteiger partial charge in [0.25, 0.3) is 0 Å². The van der Waals surface area contributed by atoms with Crippen molar-refractivity contribution in [1.29, 1.82) is 0 Å². The standard InChI is InChI=1S/C16H19BrO3/c1-11-14(17)3-2-4-15(11)20-13-8-5-12(6-9-13)7-10-16(18)19/h2-4,7,10,12-13H,5-6,8-9H2,1H3,(H,18,19)/b10-7+/t12-,13+. The first-order valence-corrected chi connectivity index (χ1v) is 7.68. The third-order valence-corrected chi connectivity index (χ3v) is 4.60. The van der Waals surface area contributed by atoms with Gasteiger partial charge in [0, 0.05) is 16.1 Å². The molecule has 0 radical (unpaired) electrons. The third kappa shape index (κ3) is 4.10. The largest absolute Gasteiger partial charge is 0.490 e. The van der Waals surface area contributed by atoms with E-state index in [1.165, 1.54) is 6.08 Å². The zero-order chi connectivity index (χ0) is 14.5. The number of halogens is 1. The minimum atomic E-state index is -0.867. The molecule has 1 saturated carbocycles. The van der Waals surface area contributed by atoms with Gasteiger partial charge in [-0.2, -0.15) is 0 Å². The summed E-state index contributed by atoms with van der Waals surface area (Å²) in [6, 6.07) is 5.99. The van der Waals surface area contributed by atoms with E-state index in [0.29, 0.717) is 5.92 Å². The molecule has 0 heterocycles. The van der Waals surface area contributed by atoms with Gasteiger partial charge in [-0.3, -0.25) is 0 Å². The Labute approximate surface area is 127 Å². The molecule has 0 amide bonds. The SMILES string of the molecule is Cc1c(Br)cccc1O[C@H]1CC[C@@H](/C=C/C(=O)O)CC1. The van der Waals surface area contributed by atoms with Crippen LogP contribution >= 0.6 is 15.9 Å². The van der Waals surface area contributed by atoms with E-state index >= 15 is 0 Å². The second kappa shape index (κ2) is 6.93. The summed E-state index contributed by atoms with van der Waals surface area (Å²) in [5, 5.41) is 8.63. The van der Waals surface area contributed by atoms with Crippen molar-refractivity contribution in [3.8, 4) is 5.75 Å². The molecule has 0 saturated heterocycles. The maximum absolute atomic E-state index is 10.5. The maximum atomic E-state index is 10.5. The summed E-state index contributed by atoms with van der Waals surface area (Å²) in [6.07, 6.45) is 7.22. The van der Waals surface area contributed by atoms with E-state index < -0.39 is 5.97 Å². The molecule has 3 nitrogen and oxygen atoms in total. The van der Waals surface area contributed by atoms with Crippen LogP contribution < -0.4 is 4.74 Å². The average Bonchev–Trinajstić information content (AvgIpc) is 2.43. The zero-order valence-electron chi connectivity index (χ0n) is 11.5. The molecule has 0 unspecified atom stereocenters. The molecule has 1 N–H and O–H groups in total. The summed E-state index contributed by atoms with van der Waals surface area (Å²) in [5.74, 6) is 0.437. The number of carbonyl (C=O) groups is 1. The molecule has 1 fully saturated rings. The summed E-state index contributed by atoms with van der Waals surface area (Å²) < 4.78 is 7.13. The second-order valence-corrected chi connectivity index (χ2v) is 6.07. The highest BCUT2D eigenvalue weighted by atomic mass is 79.9. The number of hydrogen-bond donors (Lipinski definition) is 1. The lowest BCUT2D eigenvalue weighted by atomic mass is 9.87. The van der Waals surface area contributed by atoms with Gasteiger partial charge >= 0.3 is 5.97 Å². The van der Waals surface area contributed by atoms with Gasteiger partial charge in [-0.15, -0.1) is 0 Å². The number of carboxylic acid groups (broad SMARTS) is 1. The fourth-order valence-electron chi connectivity index (χ4n) is 2.51. The van der Waals surface area contributed by atoms with Gasteiger partial charge < -0.3 is 9.84 Å². The van der Waals surface area contributed by atoms with Crippen molar-refractivity contribution in [1.82, 2.24) is 0 Å². The van der Waals surface area contributed by atoms with Crippen LogP contribution in [0.15, 0.2) is 34.8 Å². The maximum Gasteiger partial charge on any atom is 0.327 e. The average molecular weight is 339 g/mol. The van der Waals surface area contributed by atoms with Crippen LogP contribution in [0.2, 0.25) is 0 Å².